The summed E-state index contributed by atoms with van der Waals surface area (Å²) in [5.41, 5.74) is 2.14. The van der Waals surface area contributed by atoms with E-state index < -0.39 is 0 Å². The highest BCUT2D eigenvalue weighted by atomic mass is 127. The van der Waals surface area contributed by atoms with Gasteiger partial charge in [-0.2, -0.15) is 0 Å². The molecule has 0 radical (unpaired) electrons. The summed E-state index contributed by atoms with van der Waals surface area (Å²) in [6, 6.07) is 12.1. The van der Waals surface area contributed by atoms with Gasteiger partial charge < -0.3 is 14.8 Å². The third-order valence-electron chi connectivity index (χ3n) is 2.83. The molecule has 5 heteroatoms. The fourth-order valence-corrected chi connectivity index (χ4v) is 2.54. The van der Waals surface area contributed by atoms with Crippen LogP contribution in [0.5, 0.6) is 11.5 Å². The topological polar surface area (TPSA) is 30.5 Å². The van der Waals surface area contributed by atoms with Crippen molar-refractivity contribution in [3.05, 3.63) is 50.6 Å². The lowest BCUT2D eigenvalue weighted by Crippen LogP contribution is -1.99. The highest BCUT2D eigenvalue weighted by Gasteiger charge is 2.17. The lowest BCUT2D eigenvalue weighted by Gasteiger charge is -2.08. The number of fused-ring (bicyclic) bond motifs is 1. The predicted octanol–water partition coefficient (Wildman–Crippen LogP) is 4.29. The molecule has 19 heavy (non-hydrogen) atoms. The third-order valence-corrected chi connectivity index (χ3v) is 3.83. The Morgan fingerprint density at radius 2 is 1.95 bits per heavy atom. The second-order valence-electron chi connectivity index (χ2n) is 4.17. The monoisotopic (exact) mass is 387 g/mol. The molecule has 98 valence electrons. The quantitative estimate of drug-likeness (QED) is 0.797. The first-order chi connectivity index (χ1) is 9.22. The molecule has 0 saturated carbocycles. The number of anilines is 1. The zero-order chi connectivity index (χ0) is 13.2. The molecule has 3 nitrogen and oxygen atoms in total. The Bertz CT molecular complexity index is 601. The smallest absolute Gasteiger partial charge is 0.231 e. The van der Waals surface area contributed by atoms with Crippen molar-refractivity contribution in [2.75, 3.05) is 12.1 Å². The van der Waals surface area contributed by atoms with Crippen LogP contribution in [0.15, 0.2) is 36.4 Å². The second-order valence-corrected chi connectivity index (χ2v) is 5.82. The minimum absolute atomic E-state index is 0.239. The van der Waals surface area contributed by atoms with Gasteiger partial charge in [-0.3, -0.25) is 0 Å². The molecule has 1 aliphatic heterocycles. The zero-order valence-electron chi connectivity index (χ0n) is 9.95. The number of halogens is 2. The summed E-state index contributed by atoms with van der Waals surface area (Å²) < 4.78 is 11.9. The average molecular weight is 388 g/mol. The predicted molar refractivity (Wildman–Crippen MR) is 84.1 cm³/mol. The molecular formula is C14H11ClINO2. The molecule has 0 aromatic heterocycles. The van der Waals surface area contributed by atoms with Gasteiger partial charge in [0.2, 0.25) is 6.79 Å². The van der Waals surface area contributed by atoms with Crippen molar-refractivity contribution in [3.8, 4) is 11.5 Å². The van der Waals surface area contributed by atoms with Crippen LogP contribution in [0.4, 0.5) is 5.69 Å². The fraction of sp³-hybridized carbons (Fsp3) is 0.143. The van der Waals surface area contributed by atoms with Crippen LogP contribution in [0, 0.1) is 3.57 Å². The van der Waals surface area contributed by atoms with Crippen LogP contribution < -0.4 is 14.8 Å². The Hall–Kier alpha value is -1.14. The van der Waals surface area contributed by atoms with Crippen molar-refractivity contribution in [2.24, 2.45) is 0 Å². The molecule has 1 heterocycles. The van der Waals surface area contributed by atoms with Crippen molar-refractivity contribution >= 4 is 39.9 Å². The third kappa shape index (κ3) is 2.90. The summed E-state index contributed by atoms with van der Waals surface area (Å²) >= 11 is 8.43. The maximum atomic E-state index is 6.14. The van der Waals surface area contributed by atoms with Gasteiger partial charge in [0, 0.05) is 15.8 Å². The van der Waals surface area contributed by atoms with Gasteiger partial charge in [0.05, 0.1) is 5.02 Å². The SMILES string of the molecule is Clc1cc(CNc2ccc(I)cc2)cc2c1OCO2. The van der Waals surface area contributed by atoms with Crippen molar-refractivity contribution < 1.29 is 9.47 Å². The molecule has 0 atom stereocenters. The number of benzene rings is 2. The molecular weight excluding hydrogens is 377 g/mol. The fourth-order valence-electron chi connectivity index (χ4n) is 1.89. The molecule has 1 aliphatic rings. The number of nitrogens with one attached hydrogen (secondary N) is 1. The van der Waals surface area contributed by atoms with Gasteiger partial charge in [0.25, 0.3) is 0 Å². The van der Waals surface area contributed by atoms with Gasteiger partial charge in [-0.1, -0.05) is 11.6 Å². The number of ether oxygens (including phenoxy) is 2. The molecule has 0 spiro atoms. The highest BCUT2D eigenvalue weighted by molar-refractivity contribution is 14.1. The summed E-state index contributed by atoms with van der Waals surface area (Å²) in [5.74, 6) is 1.35. The summed E-state index contributed by atoms with van der Waals surface area (Å²) in [6.45, 7) is 0.931. The van der Waals surface area contributed by atoms with E-state index in [4.69, 9.17) is 21.1 Å². The summed E-state index contributed by atoms with van der Waals surface area (Å²) in [7, 11) is 0. The van der Waals surface area contributed by atoms with Gasteiger partial charge >= 0.3 is 0 Å². The number of rotatable bonds is 3. The summed E-state index contributed by atoms with van der Waals surface area (Å²) in [6.07, 6.45) is 0. The minimum atomic E-state index is 0.239. The Labute approximate surface area is 130 Å². The van der Waals surface area contributed by atoms with Gasteiger partial charge in [0.15, 0.2) is 11.5 Å². The van der Waals surface area contributed by atoms with Gasteiger partial charge in [-0.15, -0.1) is 0 Å². The standard InChI is InChI=1S/C14H11ClINO2/c15-12-5-9(6-13-14(12)19-8-18-13)7-17-11-3-1-10(16)2-4-11/h1-6,17H,7-8H2. The molecule has 0 amide bonds. The lowest BCUT2D eigenvalue weighted by molar-refractivity contribution is 0.174. The Morgan fingerprint density at radius 1 is 1.16 bits per heavy atom. The largest absolute Gasteiger partial charge is 0.454 e. The maximum absolute atomic E-state index is 6.14. The summed E-state index contributed by atoms with van der Waals surface area (Å²) in [4.78, 5) is 0. The van der Waals surface area contributed by atoms with E-state index in [1.807, 2.05) is 12.1 Å². The first kappa shape index (κ1) is 12.9. The van der Waals surface area contributed by atoms with Crippen LogP contribution in [0.3, 0.4) is 0 Å². The van der Waals surface area contributed by atoms with E-state index in [0.29, 0.717) is 23.1 Å². The highest BCUT2D eigenvalue weighted by Crippen LogP contribution is 2.39. The average Bonchev–Trinajstić information content (AvgIpc) is 2.87. The van der Waals surface area contributed by atoms with Crippen LogP contribution in [-0.4, -0.2) is 6.79 Å². The first-order valence-electron chi connectivity index (χ1n) is 5.80. The summed E-state index contributed by atoms with van der Waals surface area (Å²) in [5, 5.41) is 3.94. The second kappa shape index (κ2) is 5.46. The van der Waals surface area contributed by atoms with Gasteiger partial charge in [0.1, 0.15) is 0 Å². The normalized spacial score (nSPS) is 12.5. The van der Waals surface area contributed by atoms with E-state index in [9.17, 15) is 0 Å². The van der Waals surface area contributed by atoms with E-state index in [0.717, 1.165) is 11.3 Å². The van der Waals surface area contributed by atoms with Crippen molar-refractivity contribution in [2.45, 2.75) is 6.54 Å². The molecule has 0 bridgehead atoms. The molecule has 2 aromatic carbocycles. The Kier molecular flexibility index (Phi) is 3.70. The van der Waals surface area contributed by atoms with E-state index in [-0.39, 0.29) is 6.79 Å². The van der Waals surface area contributed by atoms with Crippen molar-refractivity contribution in [1.29, 1.82) is 0 Å². The van der Waals surface area contributed by atoms with Crippen molar-refractivity contribution in [1.82, 2.24) is 0 Å². The number of hydrogen-bond acceptors (Lipinski definition) is 3. The van der Waals surface area contributed by atoms with Crippen LogP contribution in [-0.2, 0) is 6.54 Å². The van der Waals surface area contributed by atoms with Crippen LogP contribution in [0.25, 0.3) is 0 Å². The van der Waals surface area contributed by atoms with Crippen molar-refractivity contribution in [3.63, 3.8) is 0 Å². The molecule has 0 fully saturated rings. The lowest BCUT2D eigenvalue weighted by atomic mass is 10.2. The van der Waals surface area contributed by atoms with E-state index in [1.54, 1.807) is 0 Å². The van der Waals surface area contributed by atoms with Crippen LogP contribution in [0.1, 0.15) is 5.56 Å². The molecule has 3 rings (SSSR count). The Morgan fingerprint density at radius 3 is 2.74 bits per heavy atom. The van der Waals surface area contributed by atoms with Crippen LogP contribution >= 0.6 is 34.2 Å². The maximum Gasteiger partial charge on any atom is 0.231 e. The molecule has 0 aliphatic carbocycles. The van der Waals surface area contributed by atoms with E-state index in [1.165, 1.54) is 3.57 Å². The molecule has 1 N–H and O–H groups in total. The first-order valence-corrected chi connectivity index (χ1v) is 7.25. The number of hydrogen-bond donors (Lipinski definition) is 1. The van der Waals surface area contributed by atoms with E-state index >= 15 is 0 Å². The molecule has 0 unspecified atom stereocenters. The minimum Gasteiger partial charge on any atom is -0.454 e. The van der Waals surface area contributed by atoms with Gasteiger partial charge in [-0.05, 0) is 64.6 Å². The van der Waals surface area contributed by atoms with Crippen LogP contribution in [0.2, 0.25) is 5.02 Å². The zero-order valence-corrected chi connectivity index (χ0v) is 12.9. The molecule has 0 saturated heterocycles. The van der Waals surface area contributed by atoms with E-state index in [2.05, 4.69) is 52.2 Å². The molecule has 2 aromatic rings. The van der Waals surface area contributed by atoms with Gasteiger partial charge in [-0.25, -0.2) is 0 Å². The Balaban J connectivity index is 1.73.